The van der Waals surface area contributed by atoms with E-state index in [4.69, 9.17) is 4.42 Å². The maximum absolute atomic E-state index is 12.3. The lowest BCUT2D eigenvalue weighted by Gasteiger charge is -2.30. The molecule has 1 fully saturated rings. The van der Waals surface area contributed by atoms with E-state index < -0.39 is 0 Å². The first-order valence-corrected chi connectivity index (χ1v) is 9.94. The van der Waals surface area contributed by atoms with E-state index in [2.05, 4.69) is 36.1 Å². The fraction of sp³-hybridized carbons (Fsp3) is 0.526. The molecular weight excluding hydrogens is 364 g/mol. The van der Waals surface area contributed by atoms with E-state index in [0.29, 0.717) is 30.0 Å². The molecule has 0 radical (unpaired) electrons. The molecular formula is C19H26N4O3S. The van der Waals surface area contributed by atoms with Crippen molar-refractivity contribution in [2.75, 3.05) is 25.0 Å². The van der Waals surface area contributed by atoms with Crippen molar-refractivity contribution in [1.82, 2.24) is 14.9 Å². The largest absolute Gasteiger partial charge is 0.441 e. The van der Waals surface area contributed by atoms with Crippen LogP contribution < -0.4 is 5.32 Å². The number of piperidine rings is 1. The molecule has 0 bridgehead atoms. The van der Waals surface area contributed by atoms with Gasteiger partial charge in [0.25, 0.3) is 0 Å². The van der Waals surface area contributed by atoms with Gasteiger partial charge in [0, 0.05) is 42.3 Å². The number of carbonyl (C=O) groups is 1. The summed E-state index contributed by atoms with van der Waals surface area (Å²) in [7, 11) is 0. The van der Waals surface area contributed by atoms with Gasteiger partial charge in [0.15, 0.2) is 5.13 Å². The number of anilines is 1. The van der Waals surface area contributed by atoms with E-state index in [9.17, 15) is 9.90 Å². The number of thiazole rings is 1. The lowest BCUT2D eigenvalue weighted by atomic mass is 9.94. The summed E-state index contributed by atoms with van der Waals surface area (Å²) in [4.78, 5) is 23.5. The molecule has 2 amide bonds. The first-order valence-electron chi connectivity index (χ1n) is 9.12. The third-order valence-electron chi connectivity index (χ3n) is 4.55. The Kier molecular flexibility index (Phi) is 5.96. The molecule has 3 heterocycles. The average Bonchev–Trinajstić information content (AvgIpc) is 3.29. The lowest BCUT2D eigenvalue weighted by Crippen LogP contribution is -2.41. The highest BCUT2D eigenvalue weighted by atomic mass is 32.1. The molecule has 0 spiro atoms. The molecule has 0 aromatic carbocycles. The fourth-order valence-electron chi connectivity index (χ4n) is 2.78. The Bertz CT molecular complexity index is 798. The average molecular weight is 391 g/mol. The number of rotatable bonds is 4. The number of aliphatic hydroxyl groups excluding tert-OH is 1. The molecule has 1 aliphatic heterocycles. The summed E-state index contributed by atoms with van der Waals surface area (Å²) >= 11 is 1.40. The van der Waals surface area contributed by atoms with Crippen LogP contribution in [0.5, 0.6) is 0 Å². The number of likely N-dealkylation sites (tertiary alicyclic amines) is 1. The van der Waals surface area contributed by atoms with E-state index in [1.54, 1.807) is 23.4 Å². The number of hydrogen-bond donors (Lipinski definition) is 2. The number of oxazole rings is 1. The normalized spacial score (nSPS) is 16.2. The highest BCUT2D eigenvalue weighted by molar-refractivity contribution is 7.16. The molecule has 2 aromatic heterocycles. The smallest absolute Gasteiger partial charge is 0.323 e. The molecule has 0 unspecified atom stereocenters. The molecule has 1 aliphatic rings. The van der Waals surface area contributed by atoms with Crippen LogP contribution >= 0.6 is 11.3 Å². The van der Waals surface area contributed by atoms with Gasteiger partial charge < -0.3 is 14.4 Å². The van der Waals surface area contributed by atoms with Crippen LogP contribution in [0.2, 0.25) is 0 Å². The minimum Gasteiger partial charge on any atom is -0.441 e. The minimum atomic E-state index is -0.140. The summed E-state index contributed by atoms with van der Waals surface area (Å²) < 4.78 is 5.73. The van der Waals surface area contributed by atoms with Crippen LogP contribution in [0.3, 0.4) is 0 Å². The van der Waals surface area contributed by atoms with Crippen LogP contribution in [0.25, 0.3) is 12.2 Å². The van der Waals surface area contributed by atoms with E-state index >= 15 is 0 Å². The lowest BCUT2D eigenvalue weighted by molar-refractivity contribution is 0.143. The van der Waals surface area contributed by atoms with Crippen LogP contribution in [0.15, 0.2) is 16.8 Å². The summed E-state index contributed by atoms with van der Waals surface area (Å²) in [5.74, 6) is 1.69. The summed E-state index contributed by atoms with van der Waals surface area (Å²) in [6, 6.07) is -0.140. The summed E-state index contributed by atoms with van der Waals surface area (Å²) in [5, 5.41) is 12.6. The van der Waals surface area contributed by atoms with Gasteiger partial charge in [-0.25, -0.2) is 14.8 Å². The molecule has 1 saturated heterocycles. The van der Waals surface area contributed by atoms with Crippen molar-refractivity contribution in [3.63, 3.8) is 0 Å². The zero-order valence-corrected chi connectivity index (χ0v) is 16.8. The third kappa shape index (κ3) is 5.17. The first-order chi connectivity index (χ1) is 12.8. The number of urea groups is 1. The van der Waals surface area contributed by atoms with Crippen molar-refractivity contribution in [3.8, 4) is 0 Å². The van der Waals surface area contributed by atoms with Crippen molar-refractivity contribution < 1.29 is 14.3 Å². The van der Waals surface area contributed by atoms with Gasteiger partial charge in [0.05, 0.1) is 6.20 Å². The van der Waals surface area contributed by atoms with Crippen LogP contribution in [0.1, 0.15) is 50.1 Å². The molecule has 7 nitrogen and oxygen atoms in total. The monoisotopic (exact) mass is 390 g/mol. The highest BCUT2D eigenvalue weighted by Gasteiger charge is 2.23. The summed E-state index contributed by atoms with van der Waals surface area (Å²) in [6.07, 6.45) is 8.80. The molecule has 27 heavy (non-hydrogen) atoms. The van der Waals surface area contributed by atoms with Crippen molar-refractivity contribution in [2.45, 2.75) is 39.0 Å². The van der Waals surface area contributed by atoms with E-state index in [-0.39, 0.29) is 18.1 Å². The molecule has 2 N–H and O–H groups in total. The summed E-state index contributed by atoms with van der Waals surface area (Å²) in [5.41, 5.74) is -0.0767. The van der Waals surface area contributed by atoms with Crippen LogP contribution in [-0.4, -0.2) is 45.7 Å². The second-order valence-electron chi connectivity index (χ2n) is 7.76. The third-order valence-corrected chi connectivity index (χ3v) is 5.43. The predicted molar refractivity (Wildman–Crippen MR) is 107 cm³/mol. The van der Waals surface area contributed by atoms with Gasteiger partial charge in [-0.05, 0) is 24.8 Å². The second kappa shape index (κ2) is 8.22. The maximum atomic E-state index is 12.3. The highest BCUT2D eigenvalue weighted by Crippen LogP contribution is 2.25. The summed E-state index contributed by atoms with van der Waals surface area (Å²) in [6.45, 7) is 7.74. The molecule has 8 heteroatoms. The van der Waals surface area contributed by atoms with Gasteiger partial charge >= 0.3 is 6.03 Å². The van der Waals surface area contributed by atoms with Crippen LogP contribution in [0.4, 0.5) is 9.93 Å². The molecule has 2 aromatic rings. The van der Waals surface area contributed by atoms with E-state index in [0.717, 1.165) is 23.5 Å². The Morgan fingerprint density at radius 2 is 2.07 bits per heavy atom. The Balaban J connectivity index is 1.55. The molecule has 146 valence electrons. The molecule has 0 saturated carbocycles. The predicted octanol–water partition coefficient (Wildman–Crippen LogP) is 3.84. The molecule has 0 aliphatic carbocycles. The van der Waals surface area contributed by atoms with Crippen LogP contribution in [0, 0.1) is 5.92 Å². The van der Waals surface area contributed by atoms with Crippen molar-refractivity contribution in [1.29, 1.82) is 0 Å². The zero-order valence-electron chi connectivity index (χ0n) is 15.9. The number of aliphatic hydroxyl groups is 1. The van der Waals surface area contributed by atoms with Crippen LogP contribution in [-0.2, 0) is 5.41 Å². The van der Waals surface area contributed by atoms with Gasteiger partial charge in [-0.1, -0.05) is 32.1 Å². The Morgan fingerprint density at radius 3 is 2.70 bits per heavy atom. The minimum absolute atomic E-state index is 0.0767. The Hall–Kier alpha value is -2.19. The van der Waals surface area contributed by atoms with Gasteiger partial charge in [-0.2, -0.15) is 0 Å². The standard InChI is InChI=1S/C19H26N4O3S/c1-19(2,3)15-11-20-16(26-15)5-4-14-10-21-17(27-14)22-18(25)23-8-6-13(12-24)7-9-23/h4-5,10-11,13,24H,6-9,12H2,1-3H3,(H,21,22,25)/b5-4+. The molecule has 0 atom stereocenters. The maximum Gasteiger partial charge on any atom is 0.323 e. The Morgan fingerprint density at radius 1 is 1.33 bits per heavy atom. The first kappa shape index (κ1) is 19.6. The number of hydrogen-bond acceptors (Lipinski definition) is 6. The van der Waals surface area contributed by atoms with E-state index in [1.165, 1.54) is 11.3 Å². The van der Waals surface area contributed by atoms with Gasteiger partial charge in [0.2, 0.25) is 5.89 Å². The molecule has 3 rings (SSSR count). The second-order valence-corrected chi connectivity index (χ2v) is 8.82. The number of amides is 2. The number of nitrogens with zero attached hydrogens (tertiary/aromatic N) is 3. The van der Waals surface area contributed by atoms with Crippen molar-refractivity contribution >= 4 is 34.7 Å². The fourth-order valence-corrected chi connectivity index (χ4v) is 3.48. The van der Waals surface area contributed by atoms with E-state index in [1.807, 2.05) is 6.08 Å². The van der Waals surface area contributed by atoms with Gasteiger partial charge in [-0.3, -0.25) is 5.32 Å². The SMILES string of the molecule is CC(C)(C)c1cnc(/C=C/c2cnc(NC(=O)N3CCC(CO)CC3)s2)o1. The van der Waals surface area contributed by atoms with Gasteiger partial charge in [-0.15, -0.1) is 0 Å². The van der Waals surface area contributed by atoms with Crippen molar-refractivity contribution in [2.24, 2.45) is 5.92 Å². The zero-order chi connectivity index (χ0) is 19.4. The number of nitrogens with one attached hydrogen (secondary N) is 1. The quantitative estimate of drug-likeness (QED) is 0.828. The number of aromatic nitrogens is 2. The van der Waals surface area contributed by atoms with Gasteiger partial charge in [0.1, 0.15) is 5.76 Å². The number of carbonyl (C=O) groups excluding carboxylic acids is 1. The Labute approximate surface area is 163 Å². The van der Waals surface area contributed by atoms with Crippen molar-refractivity contribution in [3.05, 3.63) is 28.9 Å². The topological polar surface area (TPSA) is 91.5 Å².